The Morgan fingerprint density at radius 3 is 2.80 bits per heavy atom. The molecule has 1 unspecified atom stereocenters. The van der Waals surface area contributed by atoms with Crippen LogP contribution in [0.25, 0.3) is 0 Å². The molecule has 0 saturated heterocycles. The molecule has 0 bridgehead atoms. The maximum atomic E-state index is 6.20. The number of fused-ring (bicyclic) bond motifs is 1. The van der Waals surface area contributed by atoms with Gasteiger partial charge in [-0.2, -0.15) is 0 Å². The lowest BCUT2D eigenvalue weighted by molar-refractivity contribution is 0.335. The van der Waals surface area contributed by atoms with E-state index in [1.165, 1.54) is 11.1 Å². The normalized spacial score (nSPS) is 23.3. The number of nitrogens with two attached hydrogens (primary N) is 1. The fraction of sp³-hybridized carbons (Fsp3) is 0.538. The number of hydrogen-bond acceptors (Lipinski definition) is 2. The Kier molecular flexibility index (Phi) is 2.47. The van der Waals surface area contributed by atoms with Gasteiger partial charge in [0.1, 0.15) is 5.75 Å². The van der Waals surface area contributed by atoms with E-state index in [9.17, 15) is 0 Å². The van der Waals surface area contributed by atoms with E-state index in [2.05, 4.69) is 26.0 Å². The van der Waals surface area contributed by atoms with E-state index in [0.717, 1.165) is 18.6 Å². The van der Waals surface area contributed by atoms with Gasteiger partial charge in [0.2, 0.25) is 0 Å². The minimum absolute atomic E-state index is 0.0141. The van der Waals surface area contributed by atoms with Crippen molar-refractivity contribution in [2.24, 2.45) is 5.73 Å². The minimum atomic E-state index is 0.0141. The molecule has 0 amide bonds. The Hall–Kier alpha value is -1.02. The highest BCUT2D eigenvalue weighted by molar-refractivity contribution is 5.47. The summed E-state index contributed by atoms with van der Waals surface area (Å²) in [5.74, 6) is 0.979. The molecule has 1 atom stereocenters. The fourth-order valence-corrected chi connectivity index (χ4v) is 2.54. The fourth-order valence-electron chi connectivity index (χ4n) is 2.54. The molecule has 15 heavy (non-hydrogen) atoms. The largest absolute Gasteiger partial charge is 0.496 e. The van der Waals surface area contributed by atoms with Crippen molar-refractivity contribution in [1.29, 1.82) is 0 Å². The smallest absolute Gasteiger partial charge is 0.122 e. The first-order valence-corrected chi connectivity index (χ1v) is 5.49. The topological polar surface area (TPSA) is 35.2 Å². The predicted octanol–water partition coefficient (Wildman–Crippen LogP) is 2.25. The molecule has 0 aliphatic heterocycles. The molecule has 2 heteroatoms. The van der Waals surface area contributed by atoms with Crippen molar-refractivity contribution in [3.05, 3.63) is 29.3 Å². The van der Waals surface area contributed by atoms with Crippen LogP contribution in [0.15, 0.2) is 18.2 Å². The molecule has 82 valence electrons. The first-order chi connectivity index (χ1) is 7.07. The van der Waals surface area contributed by atoms with Crippen molar-refractivity contribution in [2.45, 2.75) is 38.1 Å². The zero-order chi connectivity index (χ0) is 11.1. The summed E-state index contributed by atoms with van der Waals surface area (Å²) in [5.41, 5.74) is 8.90. The third-order valence-electron chi connectivity index (χ3n) is 3.63. The summed E-state index contributed by atoms with van der Waals surface area (Å²) in [6.45, 7) is 4.41. The monoisotopic (exact) mass is 205 g/mol. The SMILES string of the molecule is COc1cccc2c1C(C)(C)C(N)CC2. The molecule has 2 rings (SSSR count). The van der Waals surface area contributed by atoms with Crippen molar-refractivity contribution in [1.82, 2.24) is 0 Å². The number of ether oxygens (including phenoxy) is 1. The van der Waals surface area contributed by atoms with Crippen molar-refractivity contribution < 1.29 is 4.74 Å². The van der Waals surface area contributed by atoms with E-state index in [4.69, 9.17) is 10.5 Å². The van der Waals surface area contributed by atoms with Crippen LogP contribution in [-0.4, -0.2) is 13.2 Å². The second-order valence-corrected chi connectivity index (χ2v) is 4.86. The molecule has 1 aliphatic rings. The summed E-state index contributed by atoms with van der Waals surface area (Å²) in [7, 11) is 1.73. The zero-order valence-electron chi connectivity index (χ0n) is 9.71. The molecule has 0 heterocycles. The molecular formula is C13H19NO. The summed E-state index contributed by atoms with van der Waals surface area (Å²) in [5, 5.41) is 0. The molecule has 1 aliphatic carbocycles. The number of hydrogen-bond donors (Lipinski definition) is 1. The van der Waals surface area contributed by atoms with Gasteiger partial charge in [0.05, 0.1) is 7.11 Å². The first-order valence-electron chi connectivity index (χ1n) is 5.49. The summed E-state index contributed by atoms with van der Waals surface area (Å²) in [6, 6.07) is 6.50. The van der Waals surface area contributed by atoms with Crippen LogP contribution in [-0.2, 0) is 11.8 Å². The average Bonchev–Trinajstić information content (AvgIpc) is 2.23. The Labute approximate surface area is 91.4 Å². The van der Waals surface area contributed by atoms with Crippen LogP contribution in [0.3, 0.4) is 0 Å². The van der Waals surface area contributed by atoms with Gasteiger partial charge in [0.25, 0.3) is 0 Å². The molecule has 1 aromatic rings. The summed E-state index contributed by atoms with van der Waals surface area (Å²) in [6.07, 6.45) is 2.13. The average molecular weight is 205 g/mol. The van der Waals surface area contributed by atoms with Gasteiger partial charge >= 0.3 is 0 Å². The molecule has 0 fully saturated rings. The van der Waals surface area contributed by atoms with Crippen molar-refractivity contribution in [3.63, 3.8) is 0 Å². The van der Waals surface area contributed by atoms with Crippen LogP contribution in [0.4, 0.5) is 0 Å². The third kappa shape index (κ3) is 1.53. The standard InChI is InChI=1S/C13H19NO/c1-13(2)11(14)8-7-9-5-4-6-10(15-3)12(9)13/h4-6,11H,7-8,14H2,1-3H3. The van der Waals surface area contributed by atoms with Crippen molar-refractivity contribution in [2.75, 3.05) is 7.11 Å². The highest BCUT2D eigenvalue weighted by atomic mass is 16.5. The molecule has 0 spiro atoms. The van der Waals surface area contributed by atoms with Gasteiger partial charge in [-0.25, -0.2) is 0 Å². The first kappa shape index (κ1) is 10.5. The van der Waals surface area contributed by atoms with Crippen LogP contribution in [0.1, 0.15) is 31.4 Å². The molecule has 0 aromatic heterocycles. The minimum Gasteiger partial charge on any atom is -0.496 e. The number of rotatable bonds is 1. The molecule has 1 aromatic carbocycles. The van der Waals surface area contributed by atoms with E-state index in [0.29, 0.717) is 0 Å². The van der Waals surface area contributed by atoms with Crippen molar-refractivity contribution in [3.8, 4) is 5.75 Å². The lowest BCUT2D eigenvalue weighted by Gasteiger charge is -2.39. The van der Waals surface area contributed by atoms with Crippen LogP contribution in [0.2, 0.25) is 0 Å². The summed E-state index contributed by atoms with van der Waals surface area (Å²) < 4.78 is 5.44. The molecule has 2 nitrogen and oxygen atoms in total. The van der Waals surface area contributed by atoms with E-state index < -0.39 is 0 Å². The van der Waals surface area contributed by atoms with Gasteiger partial charge in [-0.1, -0.05) is 26.0 Å². The maximum Gasteiger partial charge on any atom is 0.122 e. The number of methoxy groups -OCH3 is 1. The van der Waals surface area contributed by atoms with Gasteiger partial charge in [-0.15, -0.1) is 0 Å². The van der Waals surface area contributed by atoms with Gasteiger partial charge in [-0.3, -0.25) is 0 Å². The molecule has 0 radical (unpaired) electrons. The Bertz CT molecular complexity index is 357. The maximum absolute atomic E-state index is 6.20. The quantitative estimate of drug-likeness (QED) is 0.763. The number of aryl methyl sites for hydroxylation is 1. The molecular weight excluding hydrogens is 186 g/mol. The van der Waals surface area contributed by atoms with E-state index >= 15 is 0 Å². The van der Waals surface area contributed by atoms with E-state index in [-0.39, 0.29) is 11.5 Å². The van der Waals surface area contributed by atoms with Crippen molar-refractivity contribution >= 4 is 0 Å². The van der Waals surface area contributed by atoms with E-state index in [1.54, 1.807) is 7.11 Å². The lowest BCUT2D eigenvalue weighted by Crippen LogP contribution is -2.44. The van der Waals surface area contributed by atoms with Crippen LogP contribution >= 0.6 is 0 Å². The summed E-state index contributed by atoms with van der Waals surface area (Å²) >= 11 is 0. The second kappa shape index (κ2) is 3.53. The molecule has 0 saturated carbocycles. The summed E-state index contributed by atoms with van der Waals surface area (Å²) in [4.78, 5) is 0. The van der Waals surface area contributed by atoms with Gasteiger partial charge in [-0.05, 0) is 24.5 Å². The van der Waals surface area contributed by atoms with Gasteiger partial charge < -0.3 is 10.5 Å². The van der Waals surface area contributed by atoms with Crippen LogP contribution in [0.5, 0.6) is 5.75 Å². The molecule has 2 N–H and O–H groups in total. The second-order valence-electron chi connectivity index (χ2n) is 4.86. The predicted molar refractivity (Wildman–Crippen MR) is 62.3 cm³/mol. The Morgan fingerprint density at radius 2 is 2.13 bits per heavy atom. The Balaban J connectivity index is 2.60. The highest BCUT2D eigenvalue weighted by Crippen LogP contribution is 2.41. The third-order valence-corrected chi connectivity index (χ3v) is 3.63. The van der Waals surface area contributed by atoms with Crippen LogP contribution in [0, 0.1) is 0 Å². The van der Waals surface area contributed by atoms with Gasteiger partial charge in [0, 0.05) is 17.0 Å². The lowest BCUT2D eigenvalue weighted by atomic mass is 9.69. The number of benzene rings is 1. The van der Waals surface area contributed by atoms with Crippen LogP contribution < -0.4 is 10.5 Å². The Morgan fingerprint density at radius 1 is 1.40 bits per heavy atom. The van der Waals surface area contributed by atoms with E-state index in [1.807, 2.05) is 6.07 Å². The highest BCUT2D eigenvalue weighted by Gasteiger charge is 2.36. The zero-order valence-corrected chi connectivity index (χ0v) is 9.71. The van der Waals surface area contributed by atoms with Gasteiger partial charge in [0.15, 0.2) is 0 Å².